The summed E-state index contributed by atoms with van der Waals surface area (Å²) in [7, 11) is 5.51. The van der Waals surface area contributed by atoms with Gasteiger partial charge in [0.15, 0.2) is 11.5 Å². The average Bonchev–Trinajstić information content (AvgIpc) is 3.52. The molecular formula is C33H36N2O10S. The molecule has 0 bridgehead atoms. The Bertz CT molecular complexity index is 1550. The number of benzene rings is 3. The van der Waals surface area contributed by atoms with Crippen molar-refractivity contribution in [3.05, 3.63) is 78.4 Å². The Hall–Kier alpha value is -4.88. The van der Waals surface area contributed by atoms with Crippen molar-refractivity contribution in [1.29, 1.82) is 0 Å². The third-order valence-electron chi connectivity index (χ3n) is 6.92. The molecule has 0 spiro atoms. The van der Waals surface area contributed by atoms with Gasteiger partial charge in [-0.25, -0.2) is 9.59 Å². The number of likely N-dealkylation sites (N-methyl/N-ethyl adjacent to an activating group) is 2. The molecule has 2 aliphatic rings. The van der Waals surface area contributed by atoms with E-state index in [9.17, 15) is 14.4 Å². The molecule has 0 radical (unpaired) electrons. The van der Waals surface area contributed by atoms with E-state index in [-0.39, 0.29) is 12.7 Å². The van der Waals surface area contributed by atoms with Gasteiger partial charge in [0.1, 0.15) is 29.1 Å². The molecule has 3 aromatic rings. The Morgan fingerprint density at radius 1 is 0.957 bits per heavy atom. The number of amides is 1. The van der Waals surface area contributed by atoms with Gasteiger partial charge in [0.25, 0.3) is 0 Å². The number of carbonyl (C=O) groups is 3. The van der Waals surface area contributed by atoms with Gasteiger partial charge in [-0.05, 0) is 55.9 Å². The number of hydrogen-bond donors (Lipinski definition) is 2. The second-order valence-electron chi connectivity index (χ2n) is 10.1. The quantitative estimate of drug-likeness (QED) is 0.195. The maximum Gasteiger partial charge on any atom is 0.328 e. The van der Waals surface area contributed by atoms with Crippen molar-refractivity contribution in [2.45, 2.75) is 16.6 Å². The molecule has 2 heterocycles. The lowest BCUT2D eigenvalue weighted by Crippen LogP contribution is -2.33. The Kier molecular flexibility index (Phi) is 12.1. The molecular weight excluding hydrogens is 616 g/mol. The van der Waals surface area contributed by atoms with Crippen molar-refractivity contribution >= 4 is 35.3 Å². The molecule has 0 unspecified atom stereocenters. The van der Waals surface area contributed by atoms with Gasteiger partial charge in [0.05, 0.1) is 19.4 Å². The van der Waals surface area contributed by atoms with Crippen LogP contribution in [0.15, 0.2) is 77.7 Å². The van der Waals surface area contributed by atoms with Crippen LogP contribution < -0.4 is 28.6 Å². The number of para-hydroxylation sites is 1. The smallest absolute Gasteiger partial charge is 0.328 e. The fourth-order valence-electron chi connectivity index (χ4n) is 4.55. The zero-order valence-electron chi connectivity index (χ0n) is 25.7. The molecule has 2 aliphatic heterocycles. The van der Waals surface area contributed by atoms with Crippen LogP contribution in [-0.4, -0.2) is 87.3 Å². The van der Waals surface area contributed by atoms with Gasteiger partial charge in [0.2, 0.25) is 12.7 Å². The number of fused-ring (bicyclic) bond motifs is 2. The van der Waals surface area contributed by atoms with E-state index in [1.165, 1.54) is 0 Å². The topological polar surface area (TPSA) is 144 Å². The van der Waals surface area contributed by atoms with Crippen molar-refractivity contribution in [1.82, 2.24) is 4.90 Å². The molecule has 0 saturated carbocycles. The molecule has 0 fully saturated rings. The van der Waals surface area contributed by atoms with E-state index < -0.39 is 17.2 Å². The summed E-state index contributed by atoms with van der Waals surface area (Å²) in [6.07, 6.45) is 1.95. The van der Waals surface area contributed by atoms with Crippen LogP contribution in [0.25, 0.3) is 0 Å². The van der Waals surface area contributed by atoms with Crippen LogP contribution >= 0.6 is 11.8 Å². The fourth-order valence-corrected chi connectivity index (χ4v) is 5.86. The van der Waals surface area contributed by atoms with Crippen LogP contribution in [0.3, 0.4) is 0 Å². The Morgan fingerprint density at radius 2 is 1.67 bits per heavy atom. The molecule has 1 atom stereocenters. The minimum Gasteiger partial charge on any atom is -0.497 e. The summed E-state index contributed by atoms with van der Waals surface area (Å²) in [5.74, 6) is 1.14. The number of aliphatic carboxylic acids is 2. The highest BCUT2D eigenvalue weighted by molar-refractivity contribution is 8.00. The summed E-state index contributed by atoms with van der Waals surface area (Å²) in [6, 6.07) is 19.2. The number of ether oxygens (including phenoxy) is 5. The maximum atomic E-state index is 13.3. The molecule has 3 aromatic carbocycles. The first-order chi connectivity index (χ1) is 22.2. The highest BCUT2D eigenvalue weighted by atomic mass is 32.2. The zero-order valence-corrected chi connectivity index (χ0v) is 26.5. The summed E-state index contributed by atoms with van der Waals surface area (Å²) in [5, 5.41) is 15.2. The summed E-state index contributed by atoms with van der Waals surface area (Å²) in [4.78, 5) is 37.4. The minimum atomic E-state index is -1.26. The van der Waals surface area contributed by atoms with Crippen LogP contribution in [0, 0.1) is 0 Å². The van der Waals surface area contributed by atoms with E-state index in [4.69, 9.17) is 33.9 Å². The minimum absolute atomic E-state index is 0.0222. The molecule has 244 valence electrons. The fraction of sp³-hybridized carbons (Fsp3) is 0.303. The molecule has 5 rings (SSSR count). The molecule has 0 saturated heterocycles. The largest absolute Gasteiger partial charge is 0.497 e. The molecule has 2 N–H and O–H groups in total. The van der Waals surface area contributed by atoms with Crippen molar-refractivity contribution in [3.63, 3.8) is 0 Å². The van der Waals surface area contributed by atoms with Crippen molar-refractivity contribution in [2.24, 2.45) is 0 Å². The van der Waals surface area contributed by atoms with Crippen LogP contribution in [0.1, 0.15) is 17.2 Å². The van der Waals surface area contributed by atoms with E-state index in [0.29, 0.717) is 36.9 Å². The van der Waals surface area contributed by atoms with Gasteiger partial charge in [-0.15, -0.1) is 11.8 Å². The standard InChI is InChI=1S/C29H32N2O6S.C4H4O4/c1-30(14-16-34-21-10-12-25-26(18-21)37-19-36-25)13-6-15-35-24-11-9-20(33-3)17-22(24)28-29(32)31(2)23-7-4-5-8-27(23)38-28;5-3(6)1-2-4(7)8/h4-5,7-12,17-18,28H,6,13-16,19H2,1-3H3;1-2H,(H,5,6)(H,7,8)/b;2-1+/t28-;/m0./s1. The van der Waals surface area contributed by atoms with Crippen molar-refractivity contribution in [3.8, 4) is 28.7 Å². The van der Waals surface area contributed by atoms with Crippen LogP contribution in [0.5, 0.6) is 28.7 Å². The van der Waals surface area contributed by atoms with Gasteiger partial charge in [-0.3, -0.25) is 4.79 Å². The molecule has 46 heavy (non-hydrogen) atoms. The normalized spacial score (nSPS) is 14.8. The predicted octanol–water partition coefficient (Wildman–Crippen LogP) is 4.73. The zero-order chi connectivity index (χ0) is 33.1. The number of thioether (sulfide) groups is 1. The van der Waals surface area contributed by atoms with Crippen LogP contribution in [0.2, 0.25) is 0 Å². The third-order valence-corrected chi connectivity index (χ3v) is 8.21. The lowest BCUT2D eigenvalue weighted by atomic mass is 10.1. The number of nitrogens with zero attached hydrogens (tertiary/aromatic N) is 2. The van der Waals surface area contributed by atoms with Gasteiger partial charge in [-0.2, -0.15) is 0 Å². The highest BCUT2D eigenvalue weighted by Gasteiger charge is 2.34. The average molecular weight is 653 g/mol. The van der Waals surface area contributed by atoms with Crippen molar-refractivity contribution in [2.75, 3.05) is 59.2 Å². The number of carbonyl (C=O) groups excluding carboxylic acids is 1. The van der Waals surface area contributed by atoms with Crippen LogP contribution in [-0.2, 0) is 14.4 Å². The monoisotopic (exact) mass is 652 g/mol. The molecule has 13 heteroatoms. The Balaban J connectivity index is 0.000000533. The Labute approximate surface area is 271 Å². The lowest BCUT2D eigenvalue weighted by Gasteiger charge is -2.32. The van der Waals surface area contributed by atoms with Gasteiger partial charge >= 0.3 is 11.9 Å². The number of rotatable bonds is 13. The summed E-state index contributed by atoms with van der Waals surface area (Å²) >= 11 is 1.55. The molecule has 12 nitrogen and oxygen atoms in total. The number of hydrogen-bond acceptors (Lipinski definition) is 10. The Morgan fingerprint density at radius 3 is 2.41 bits per heavy atom. The highest BCUT2D eigenvalue weighted by Crippen LogP contribution is 2.48. The van der Waals surface area contributed by atoms with E-state index in [1.807, 2.05) is 67.7 Å². The van der Waals surface area contributed by atoms with E-state index >= 15 is 0 Å². The number of anilines is 1. The van der Waals surface area contributed by atoms with E-state index in [0.717, 1.165) is 52.9 Å². The van der Waals surface area contributed by atoms with Crippen molar-refractivity contribution < 1.29 is 48.3 Å². The van der Waals surface area contributed by atoms with Gasteiger partial charge in [-0.1, -0.05) is 12.1 Å². The number of methoxy groups -OCH3 is 1. The third kappa shape index (κ3) is 9.31. The molecule has 0 aromatic heterocycles. The van der Waals surface area contributed by atoms with E-state index in [1.54, 1.807) is 23.8 Å². The lowest BCUT2D eigenvalue weighted by molar-refractivity contribution is -0.134. The second kappa shape index (κ2) is 16.4. The number of carboxylic acids is 2. The second-order valence-corrected chi connectivity index (χ2v) is 11.3. The summed E-state index contributed by atoms with van der Waals surface area (Å²) in [6.45, 7) is 2.98. The summed E-state index contributed by atoms with van der Waals surface area (Å²) in [5.41, 5.74) is 1.75. The maximum absolute atomic E-state index is 13.3. The first-order valence-electron chi connectivity index (χ1n) is 14.3. The first kappa shape index (κ1) is 34.0. The molecule has 1 amide bonds. The van der Waals surface area contributed by atoms with E-state index in [2.05, 4.69) is 11.9 Å². The first-order valence-corrected chi connectivity index (χ1v) is 15.2. The van der Waals surface area contributed by atoms with Gasteiger partial charge < -0.3 is 43.7 Å². The van der Waals surface area contributed by atoms with Crippen LogP contribution in [0.4, 0.5) is 5.69 Å². The SMILES string of the molecule is COc1ccc(OCCCN(C)CCOc2ccc3c(c2)OCO3)c([C@@H]2Sc3ccccc3N(C)C2=O)c1.O=C(O)/C=C/C(=O)O. The van der Waals surface area contributed by atoms with Gasteiger partial charge in [0, 0.05) is 48.8 Å². The molecule has 0 aliphatic carbocycles. The summed E-state index contributed by atoms with van der Waals surface area (Å²) < 4.78 is 28.3. The number of carboxylic acid groups (broad SMARTS) is 2. The predicted molar refractivity (Wildman–Crippen MR) is 172 cm³/mol.